The van der Waals surface area contributed by atoms with E-state index in [1.165, 1.54) is 6.33 Å². The van der Waals surface area contributed by atoms with E-state index in [-0.39, 0.29) is 6.42 Å². The molecule has 3 N–H and O–H groups in total. The first-order chi connectivity index (χ1) is 12.2. The van der Waals surface area contributed by atoms with Crippen LogP contribution in [0.5, 0.6) is 0 Å². The summed E-state index contributed by atoms with van der Waals surface area (Å²) in [5, 5.41) is 16.7. The molecular formula is C19H16N4O2. The standard InChI is InChI=1S/C19H16N4O2/c24-19(25)17(9-12-10-20-11-21-12)23-18-13-5-1-3-7-15(13)22-16-8-4-2-6-14(16)18/h1-8,10-11,17H,9H2,(H,20,21)(H,22,23)(H,24,25)/t17-/m0/s1. The number of hydrogen-bond donors (Lipinski definition) is 2. The molecular weight excluding hydrogens is 316 g/mol. The first-order valence-corrected chi connectivity index (χ1v) is 8.00. The highest BCUT2D eigenvalue weighted by atomic mass is 16.4. The number of H-pyrrole nitrogens is 2. The Kier molecular flexibility index (Phi) is 3.78. The van der Waals surface area contributed by atoms with Gasteiger partial charge in [0.25, 0.3) is 0 Å². The van der Waals surface area contributed by atoms with E-state index < -0.39 is 12.0 Å². The van der Waals surface area contributed by atoms with Crippen LogP contribution in [0.25, 0.3) is 21.8 Å². The van der Waals surface area contributed by atoms with E-state index in [2.05, 4.69) is 20.3 Å². The van der Waals surface area contributed by atoms with E-state index >= 15 is 0 Å². The molecule has 0 aliphatic rings. The third-order valence-corrected chi connectivity index (χ3v) is 4.24. The van der Waals surface area contributed by atoms with E-state index in [4.69, 9.17) is 0 Å². The summed E-state index contributed by atoms with van der Waals surface area (Å²) in [4.78, 5) is 21.9. The van der Waals surface area contributed by atoms with Crippen molar-refractivity contribution in [1.29, 1.82) is 0 Å². The van der Waals surface area contributed by atoms with Gasteiger partial charge in [0.15, 0.2) is 0 Å². The molecule has 0 aliphatic carbocycles. The second-order valence-electron chi connectivity index (χ2n) is 5.89. The Morgan fingerprint density at radius 3 is 2.32 bits per heavy atom. The van der Waals surface area contributed by atoms with Crippen LogP contribution in [0, 0.1) is 0 Å². The fourth-order valence-corrected chi connectivity index (χ4v) is 3.05. The molecule has 2 aromatic heterocycles. The van der Waals surface area contributed by atoms with Crippen LogP contribution >= 0.6 is 0 Å². The molecule has 0 amide bonds. The molecule has 0 saturated heterocycles. The van der Waals surface area contributed by atoms with Crippen molar-refractivity contribution in [2.75, 3.05) is 5.32 Å². The number of carbonyl (C=O) groups excluding carboxylic acids is 1. The lowest BCUT2D eigenvalue weighted by molar-refractivity contribution is -0.310. The quantitative estimate of drug-likeness (QED) is 0.539. The van der Waals surface area contributed by atoms with Gasteiger partial charge < -0.3 is 20.2 Å². The maximum Gasteiger partial charge on any atom is 0.213 e. The van der Waals surface area contributed by atoms with E-state index in [0.29, 0.717) is 0 Å². The number of para-hydroxylation sites is 2. The van der Waals surface area contributed by atoms with Gasteiger partial charge in [-0.3, -0.25) is 0 Å². The van der Waals surface area contributed by atoms with Crippen LogP contribution in [0.4, 0.5) is 5.69 Å². The summed E-state index contributed by atoms with van der Waals surface area (Å²) in [5.74, 6) is -1.16. The van der Waals surface area contributed by atoms with Crippen LogP contribution in [0.2, 0.25) is 0 Å². The minimum Gasteiger partial charge on any atom is -0.548 e. The molecule has 0 radical (unpaired) electrons. The van der Waals surface area contributed by atoms with Gasteiger partial charge >= 0.3 is 0 Å². The number of carboxylic acid groups (broad SMARTS) is 1. The zero-order valence-corrected chi connectivity index (χ0v) is 13.3. The summed E-state index contributed by atoms with van der Waals surface area (Å²) in [7, 11) is 0. The Morgan fingerprint density at radius 1 is 1.12 bits per heavy atom. The maximum absolute atomic E-state index is 11.7. The number of imidazole rings is 1. The van der Waals surface area contributed by atoms with Crippen molar-refractivity contribution in [1.82, 2.24) is 9.97 Å². The summed E-state index contributed by atoms with van der Waals surface area (Å²) in [6, 6.07) is 14.7. The highest BCUT2D eigenvalue weighted by molar-refractivity contribution is 6.05. The number of aromatic amines is 2. The van der Waals surface area contributed by atoms with Gasteiger partial charge in [0, 0.05) is 30.4 Å². The maximum atomic E-state index is 11.7. The van der Waals surface area contributed by atoms with Crippen LogP contribution < -0.4 is 15.4 Å². The summed E-state index contributed by atoms with van der Waals surface area (Å²) in [6.07, 6.45) is 3.40. The molecule has 0 spiro atoms. The molecule has 0 saturated carbocycles. The number of carbonyl (C=O) groups is 1. The summed E-state index contributed by atoms with van der Waals surface area (Å²) < 4.78 is 0. The van der Waals surface area contributed by atoms with Crippen molar-refractivity contribution in [3.8, 4) is 0 Å². The lowest BCUT2D eigenvalue weighted by Crippen LogP contribution is -2.42. The molecule has 2 aromatic carbocycles. The Labute approximate surface area is 143 Å². The van der Waals surface area contributed by atoms with Crippen LogP contribution in [0.15, 0.2) is 61.1 Å². The number of rotatable bonds is 5. The van der Waals surface area contributed by atoms with Crippen molar-refractivity contribution >= 4 is 33.5 Å². The first kappa shape index (κ1) is 15.1. The molecule has 0 unspecified atom stereocenters. The Hall–Kier alpha value is -3.41. The van der Waals surface area contributed by atoms with E-state index in [9.17, 15) is 9.90 Å². The molecule has 0 bridgehead atoms. The average molecular weight is 332 g/mol. The SMILES string of the molecule is O=C([O-])[C@H](Cc1cnc[nH]1)Nc1c2ccccc2[nH+]c2ccccc12. The van der Waals surface area contributed by atoms with Gasteiger partial charge in [0.2, 0.25) is 11.0 Å². The summed E-state index contributed by atoms with van der Waals surface area (Å²) >= 11 is 0. The van der Waals surface area contributed by atoms with Crippen molar-refractivity contribution < 1.29 is 14.9 Å². The van der Waals surface area contributed by atoms with E-state index in [1.54, 1.807) is 6.20 Å². The third kappa shape index (κ3) is 2.89. The number of anilines is 1. The van der Waals surface area contributed by atoms with Crippen molar-refractivity contribution in [2.45, 2.75) is 12.5 Å². The number of aliphatic carboxylic acids is 1. The van der Waals surface area contributed by atoms with Gasteiger partial charge in [-0.1, -0.05) is 24.3 Å². The number of pyridine rings is 1. The Morgan fingerprint density at radius 2 is 1.76 bits per heavy atom. The monoisotopic (exact) mass is 332 g/mol. The number of carboxylic acids is 1. The van der Waals surface area contributed by atoms with Gasteiger partial charge in [-0.25, -0.2) is 9.97 Å². The second kappa shape index (κ2) is 6.24. The van der Waals surface area contributed by atoms with Crippen LogP contribution in [-0.4, -0.2) is 22.0 Å². The Bertz CT molecular complexity index is 990. The number of nitrogens with one attached hydrogen (secondary N) is 3. The predicted octanol–water partition coefficient (Wildman–Crippen LogP) is 1.30. The van der Waals surface area contributed by atoms with Crippen LogP contribution in [0.1, 0.15) is 5.69 Å². The Balaban J connectivity index is 1.84. The average Bonchev–Trinajstić information content (AvgIpc) is 3.13. The second-order valence-corrected chi connectivity index (χ2v) is 5.89. The molecule has 0 fully saturated rings. The number of aromatic nitrogens is 3. The third-order valence-electron chi connectivity index (χ3n) is 4.24. The molecule has 25 heavy (non-hydrogen) atoms. The van der Waals surface area contributed by atoms with Crippen LogP contribution in [0.3, 0.4) is 0 Å². The van der Waals surface area contributed by atoms with Crippen molar-refractivity contribution in [3.63, 3.8) is 0 Å². The zero-order valence-electron chi connectivity index (χ0n) is 13.3. The molecule has 2 heterocycles. The highest BCUT2D eigenvalue weighted by Gasteiger charge is 2.18. The molecule has 0 aliphatic heterocycles. The minimum atomic E-state index is -1.16. The van der Waals surface area contributed by atoms with Crippen LogP contribution in [-0.2, 0) is 11.2 Å². The lowest BCUT2D eigenvalue weighted by Gasteiger charge is -2.21. The van der Waals surface area contributed by atoms with Crippen molar-refractivity contribution in [3.05, 3.63) is 66.7 Å². The predicted molar refractivity (Wildman–Crippen MR) is 92.7 cm³/mol. The zero-order chi connectivity index (χ0) is 17.2. The van der Waals surface area contributed by atoms with Gasteiger partial charge in [-0.05, 0) is 12.1 Å². The molecule has 1 atom stereocenters. The number of benzene rings is 2. The molecule has 6 heteroatoms. The largest absolute Gasteiger partial charge is 0.548 e. The van der Waals surface area contributed by atoms with Crippen molar-refractivity contribution in [2.24, 2.45) is 0 Å². The summed E-state index contributed by atoms with van der Waals surface area (Å²) in [6.45, 7) is 0. The lowest BCUT2D eigenvalue weighted by atomic mass is 10.1. The fourth-order valence-electron chi connectivity index (χ4n) is 3.05. The number of hydrogen-bond acceptors (Lipinski definition) is 4. The molecule has 6 nitrogen and oxygen atoms in total. The van der Waals surface area contributed by atoms with Gasteiger partial charge in [-0.2, -0.15) is 0 Å². The highest BCUT2D eigenvalue weighted by Crippen LogP contribution is 2.29. The van der Waals surface area contributed by atoms with Gasteiger partial charge in [0.1, 0.15) is 0 Å². The minimum absolute atomic E-state index is 0.254. The number of nitrogens with zero attached hydrogens (tertiary/aromatic N) is 1. The molecule has 4 aromatic rings. The van der Waals surface area contributed by atoms with E-state index in [0.717, 1.165) is 33.2 Å². The number of fused-ring (bicyclic) bond motifs is 2. The smallest absolute Gasteiger partial charge is 0.213 e. The normalized spacial score (nSPS) is 12.3. The van der Waals surface area contributed by atoms with E-state index in [1.807, 2.05) is 48.5 Å². The van der Waals surface area contributed by atoms with Gasteiger partial charge in [-0.15, -0.1) is 0 Å². The summed E-state index contributed by atoms with van der Waals surface area (Å²) in [5.41, 5.74) is 3.38. The first-order valence-electron chi connectivity index (χ1n) is 8.00. The molecule has 4 rings (SSSR count). The van der Waals surface area contributed by atoms with Gasteiger partial charge in [0.05, 0.1) is 34.8 Å². The molecule has 124 valence electrons. The topological polar surface area (TPSA) is 95.0 Å². The fraction of sp³-hybridized carbons (Fsp3) is 0.105.